The number of rotatable bonds is 8. The maximum Gasteiger partial charge on any atom is 0.407 e. The van der Waals surface area contributed by atoms with Crippen LogP contribution in [0.1, 0.15) is 39.2 Å². The molecule has 0 bridgehead atoms. The lowest BCUT2D eigenvalue weighted by Gasteiger charge is -2.34. The fourth-order valence-corrected chi connectivity index (χ4v) is 4.66. The van der Waals surface area contributed by atoms with Crippen molar-refractivity contribution in [2.45, 2.75) is 51.9 Å². The molecule has 1 aliphatic rings. The quantitative estimate of drug-likeness (QED) is 0.358. The van der Waals surface area contributed by atoms with Crippen molar-refractivity contribution in [2.24, 2.45) is 0 Å². The molecule has 2 N–H and O–H groups in total. The second-order valence-corrected chi connectivity index (χ2v) is 10.6. The molecule has 0 aliphatic carbocycles. The van der Waals surface area contributed by atoms with E-state index in [9.17, 15) is 9.90 Å². The molecule has 0 radical (unpaired) electrons. The maximum atomic E-state index is 12.1. The van der Waals surface area contributed by atoms with Crippen LogP contribution < -0.4 is 24.4 Å². The molecule has 208 valence electrons. The van der Waals surface area contributed by atoms with Gasteiger partial charge in [0.15, 0.2) is 11.5 Å². The van der Waals surface area contributed by atoms with Gasteiger partial charge in [-0.25, -0.2) is 4.79 Å². The summed E-state index contributed by atoms with van der Waals surface area (Å²) in [6.07, 6.45) is 1.14. The molecule has 0 spiro atoms. The molecule has 3 aromatic rings. The molecular formula is C31H38N2O6. The number of methoxy groups -OCH3 is 2. The van der Waals surface area contributed by atoms with Crippen molar-refractivity contribution in [1.82, 2.24) is 5.32 Å². The summed E-state index contributed by atoms with van der Waals surface area (Å²) < 4.78 is 22.7. The molecule has 0 atom stereocenters. The highest BCUT2D eigenvalue weighted by Gasteiger charge is 2.25. The number of aromatic hydroxyl groups is 1. The van der Waals surface area contributed by atoms with Crippen LogP contribution in [0.4, 0.5) is 10.5 Å². The van der Waals surface area contributed by atoms with Gasteiger partial charge in [0.05, 0.1) is 19.8 Å². The van der Waals surface area contributed by atoms with Crippen LogP contribution in [0.5, 0.6) is 23.0 Å². The van der Waals surface area contributed by atoms with Gasteiger partial charge in [0.2, 0.25) is 0 Å². The van der Waals surface area contributed by atoms with Crippen molar-refractivity contribution >= 4 is 11.8 Å². The molecule has 1 aliphatic heterocycles. The first-order valence-electron chi connectivity index (χ1n) is 13.2. The van der Waals surface area contributed by atoms with Crippen LogP contribution in [-0.4, -0.2) is 50.2 Å². The van der Waals surface area contributed by atoms with Gasteiger partial charge in [-0.05, 0) is 56.9 Å². The number of piperidine rings is 1. The summed E-state index contributed by atoms with van der Waals surface area (Å²) in [7, 11) is 3.19. The molecular weight excluding hydrogens is 496 g/mol. The summed E-state index contributed by atoms with van der Waals surface area (Å²) in [5.74, 6) is 1.84. The van der Waals surface area contributed by atoms with Crippen LogP contribution in [-0.2, 0) is 11.3 Å². The first kappa shape index (κ1) is 28.0. The first-order valence-corrected chi connectivity index (χ1v) is 13.2. The zero-order chi connectivity index (χ0) is 28.0. The number of nitrogens with zero attached hydrogens (tertiary/aromatic N) is 1. The normalized spacial score (nSPS) is 14.0. The molecule has 1 amide bonds. The van der Waals surface area contributed by atoms with Gasteiger partial charge in [0.25, 0.3) is 0 Å². The van der Waals surface area contributed by atoms with Crippen molar-refractivity contribution < 1.29 is 28.8 Å². The van der Waals surface area contributed by atoms with E-state index in [1.165, 1.54) is 0 Å². The molecule has 4 rings (SSSR count). The Morgan fingerprint density at radius 3 is 2.28 bits per heavy atom. The highest BCUT2D eigenvalue weighted by molar-refractivity contribution is 5.81. The largest absolute Gasteiger partial charge is 0.507 e. The number of phenols is 1. The Bertz CT molecular complexity index is 1260. The van der Waals surface area contributed by atoms with Crippen LogP contribution in [0.2, 0.25) is 0 Å². The minimum atomic E-state index is -0.528. The molecule has 0 unspecified atom stereocenters. The number of carbonyl (C=O) groups is 1. The minimum Gasteiger partial charge on any atom is -0.507 e. The van der Waals surface area contributed by atoms with E-state index >= 15 is 0 Å². The highest BCUT2D eigenvalue weighted by atomic mass is 16.6. The van der Waals surface area contributed by atoms with Gasteiger partial charge in [0, 0.05) is 37.0 Å². The van der Waals surface area contributed by atoms with E-state index in [1.54, 1.807) is 20.3 Å². The Hall–Kier alpha value is -4.07. The molecule has 8 heteroatoms. The van der Waals surface area contributed by atoms with Gasteiger partial charge < -0.3 is 34.3 Å². The maximum absolute atomic E-state index is 12.1. The number of anilines is 1. The molecule has 1 fully saturated rings. The Balaban J connectivity index is 1.49. The van der Waals surface area contributed by atoms with Gasteiger partial charge in [-0.2, -0.15) is 0 Å². The lowest BCUT2D eigenvalue weighted by atomic mass is 10.00. The predicted octanol–water partition coefficient (Wildman–Crippen LogP) is 6.15. The van der Waals surface area contributed by atoms with E-state index in [-0.39, 0.29) is 11.8 Å². The Morgan fingerprint density at radius 2 is 1.64 bits per heavy atom. The predicted molar refractivity (Wildman–Crippen MR) is 152 cm³/mol. The standard InChI is InChI=1S/C31H38N2O6/c1-31(2,3)39-30(35)32-23-13-15-33(16-14-23)24-18-25(34)29(28(19-24)37-5)22-11-12-26(36-4)27(17-22)38-20-21-9-7-6-8-10-21/h6-12,17-19,23,34H,13-16,20H2,1-5H3,(H,32,35). The van der Waals surface area contributed by atoms with Crippen LogP contribution in [0, 0.1) is 0 Å². The number of nitrogens with one attached hydrogen (secondary N) is 1. The summed E-state index contributed by atoms with van der Waals surface area (Å²) in [5.41, 5.74) is 2.70. The molecule has 0 saturated carbocycles. The number of benzene rings is 3. The average molecular weight is 535 g/mol. The van der Waals surface area contributed by atoms with Crippen LogP contribution in [0.3, 0.4) is 0 Å². The molecule has 1 saturated heterocycles. The molecule has 8 nitrogen and oxygen atoms in total. The van der Waals surface area contributed by atoms with Crippen molar-refractivity contribution in [3.8, 4) is 34.1 Å². The van der Waals surface area contributed by atoms with E-state index < -0.39 is 11.7 Å². The van der Waals surface area contributed by atoms with Gasteiger partial charge in [-0.1, -0.05) is 36.4 Å². The minimum absolute atomic E-state index is 0.0412. The second kappa shape index (κ2) is 12.2. The lowest BCUT2D eigenvalue weighted by Crippen LogP contribution is -2.46. The van der Waals surface area contributed by atoms with E-state index in [2.05, 4.69) is 10.2 Å². The SMILES string of the molecule is COc1ccc(-c2c(O)cc(N3CCC(NC(=O)OC(C)(C)C)CC3)cc2OC)cc1OCc1ccccc1. The van der Waals surface area contributed by atoms with Gasteiger partial charge in [0.1, 0.15) is 23.7 Å². The third kappa shape index (κ3) is 7.28. The summed E-state index contributed by atoms with van der Waals surface area (Å²) in [6.45, 7) is 7.39. The number of hydrogen-bond donors (Lipinski definition) is 2. The Morgan fingerprint density at radius 1 is 0.949 bits per heavy atom. The lowest BCUT2D eigenvalue weighted by molar-refractivity contribution is 0.0497. The number of amides is 1. The summed E-state index contributed by atoms with van der Waals surface area (Å²) in [4.78, 5) is 14.3. The Kier molecular flexibility index (Phi) is 8.74. The summed E-state index contributed by atoms with van der Waals surface area (Å²) >= 11 is 0. The third-order valence-electron chi connectivity index (χ3n) is 6.56. The number of phenolic OH excluding ortho intramolecular Hbond substituents is 1. The van der Waals surface area contributed by atoms with Crippen molar-refractivity contribution in [1.29, 1.82) is 0 Å². The second-order valence-electron chi connectivity index (χ2n) is 10.6. The van der Waals surface area contributed by atoms with Crippen molar-refractivity contribution in [3.05, 3.63) is 66.2 Å². The first-order chi connectivity index (χ1) is 18.7. The fraction of sp³-hybridized carbons (Fsp3) is 0.387. The number of ether oxygens (including phenoxy) is 4. The van der Waals surface area contributed by atoms with Gasteiger partial charge in [-0.15, -0.1) is 0 Å². The smallest absolute Gasteiger partial charge is 0.407 e. The molecule has 0 aromatic heterocycles. The van der Waals surface area contributed by atoms with Crippen LogP contribution >= 0.6 is 0 Å². The van der Waals surface area contributed by atoms with E-state index in [0.717, 1.165) is 42.7 Å². The number of hydrogen-bond acceptors (Lipinski definition) is 7. The van der Waals surface area contributed by atoms with Crippen LogP contribution in [0.25, 0.3) is 11.1 Å². The van der Waals surface area contributed by atoms with E-state index in [0.29, 0.717) is 29.4 Å². The van der Waals surface area contributed by atoms with Crippen LogP contribution in [0.15, 0.2) is 60.7 Å². The highest BCUT2D eigenvalue weighted by Crippen LogP contribution is 2.44. The van der Waals surface area contributed by atoms with Gasteiger partial charge in [-0.3, -0.25) is 0 Å². The van der Waals surface area contributed by atoms with Crippen molar-refractivity contribution in [3.63, 3.8) is 0 Å². The number of carbonyl (C=O) groups excluding carboxylic acids is 1. The zero-order valence-corrected chi connectivity index (χ0v) is 23.3. The number of alkyl carbamates (subject to hydrolysis) is 1. The topological polar surface area (TPSA) is 89.5 Å². The Labute approximate surface area is 230 Å². The molecule has 1 heterocycles. The average Bonchev–Trinajstić information content (AvgIpc) is 2.91. The summed E-state index contributed by atoms with van der Waals surface area (Å²) in [6, 6.07) is 19.2. The molecule has 39 heavy (non-hydrogen) atoms. The molecule has 3 aromatic carbocycles. The monoisotopic (exact) mass is 534 g/mol. The third-order valence-corrected chi connectivity index (χ3v) is 6.56. The fourth-order valence-electron chi connectivity index (χ4n) is 4.66. The van der Waals surface area contributed by atoms with E-state index in [4.69, 9.17) is 18.9 Å². The zero-order valence-electron chi connectivity index (χ0n) is 23.3. The van der Waals surface area contributed by atoms with E-state index in [1.807, 2.05) is 75.4 Å². The van der Waals surface area contributed by atoms with Crippen molar-refractivity contribution in [2.75, 3.05) is 32.2 Å². The summed E-state index contributed by atoms with van der Waals surface area (Å²) in [5, 5.41) is 14.1. The van der Waals surface area contributed by atoms with Gasteiger partial charge >= 0.3 is 6.09 Å².